The van der Waals surface area contributed by atoms with Crippen LogP contribution >= 0.6 is 11.6 Å². The van der Waals surface area contributed by atoms with Crippen LogP contribution < -0.4 is 5.14 Å². The molecule has 0 aliphatic heterocycles. The number of aromatic nitrogens is 5. The average Bonchev–Trinajstić information content (AvgIpc) is 2.65. The van der Waals surface area contributed by atoms with Gasteiger partial charge in [-0.15, -0.1) is 5.10 Å². The Morgan fingerprint density at radius 2 is 2.12 bits per heavy atom. The maximum absolute atomic E-state index is 10.9. The lowest BCUT2D eigenvalue weighted by molar-refractivity contribution is 0.587. The van der Waals surface area contributed by atoms with Crippen LogP contribution in [-0.4, -0.2) is 33.2 Å². The quantitative estimate of drug-likeness (QED) is 0.718. The molecule has 0 unspecified atom stereocenters. The van der Waals surface area contributed by atoms with E-state index in [4.69, 9.17) is 16.7 Å². The molecule has 0 radical (unpaired) electrons. The van der Waals surface area contributed by atoms with Crippen molar-refractivity contribution in [2.45, 2.75) is 5.16 Å². The van der Waals surface area contributed by atoms with Crippen molar-refractivity contribution < 1.29 is 8.42 Å². The van der Waals surface area contributed by atoms with Gasteiger partial charge in [0.1, 0.15) is 11.5 Å². The molecule has 0 saturated carbocycles. The topological polar surface area (TPSA) is 117 Å². The molecule has 0 bridgehead atoms. The summed E-state index contributed by atoms with van der Waals surface area (Å²) in [5.74, 6) is 0.106. The van der Waals surface area contributed by atoms with Crippen LogP contribution in [0.15, 0.2) is 23.7 Å². The molecule has 0 saturated heterocycles. The number of halogens is 1. The zero-order valence-electron chi connectivity index (χ0n) is 7.65. The summed E-state index contributed by atoms with van der Waals surface area (Å²) in [5, 5.41) is 8.15. The van der Waals surface area contributed by atoms with Crippen LogP contribution in [0.1, 0.15) is 0 Å². The summed E-state index contributed by atoms with van der Waals surface area (Å²) in [6.45, 7) is 0. The van der Waals surface area contributed by atoms with Gasteiger partial charge in [-0.05, 0) is 6.07 Å². The van der Waals surface area contributed by atoms with E-state index < -0.39 is 15.2 Å². The summed E-state index contributed by atoms with van der Waals surface area (Å²) in [4.78, 5) is 11.2. The van der Waals surface area contributed by atoms with Gasteiger partial charge in [0.15, 0.2) is 0 Å². The highest BCUT2D eigenvalue weighted by atomic mass is 35.5. The molecule has 0 fully saturated rings. The second-order valence-corrected chi connectivity index (χ2v) is 4.54. The minimum atomic E-state index is -3.93. The monoisotopic (exact) mass is 260 g/mol. The molecule has 2 aromatic heterocycles. The van der Waals surface area contributed by atoms with Crippen LogP contribution in [0.25, 0.3) is 5.95 Å². The molecule has 8 nitrogen and oxygen atoms in total. The second kappa shape index (κ2) is 3.77. The van der Waals surface area contributed by atoms with E-state index in [0.717, 1.165) is 11.0 Å². The van der Waals surface area contributed by atoms with Crippen molar-refractivity contribution in [2.24, 2.45) is 5.14 Å². The Balaban J connectivity index is 2.47. The highest BCUT2D eigenvalue weighted by Crippen LogP contribution is 2.06. The summed E-state index contributed by atoms with van der Waals surface area (Å²) in [5.41, 5.74) is 0. The van der Waals surface area contributed by atoms with Gasteiger partial charge < -0.3 is 0 Å². The summed E-state index contributed by atoms with van der Waals surface area (Å²) in [6.07, 6.45) is 2.54. The Labute approximate surface area is 95.2 Å². The predicted molar refractivity (Wildman–Crippen MR) is 53.3 cm³/mol. The average molecular weight is 261 g/mol. The van der Waals surface area contributed by atoms with Crippen LogP contribution in [0.3, 0.4) is 0 Å². The first kappa shape index (κ1) is 10.9. The third-order valence-corrected chi connectivity index (χ3v) is 2.45. The fraction of sp³-hybridized carbons (Fsp3) is 0. The molecule has 0 atom stereocenters. The second-order valence-electron chi connectivity index (χ2n) is 2.70. The van der Waals surface area contributed by atoms with Gasteiger partial charge in [0.05, 0.1) is 0 Å². The molecule has 0 aliphatic rings. The predicted octanol–water partition coefficient (Wildman–Crippen LogP) is -0.642. The molecule has 2 heterocycles. The van der Waals surface area contributed by atoms with E-state index in [0.29, 0.717) is 0 Å². The van der Waals surface area contributed by atoms with Crippen molar-refractivity contribution in [1.82, 2.24) is 24.7 Å². The van der Waals surface area contributed by atoms with Crippen LogP contribution in [0.2, 0.25) is 5.15 Å². The highest BCUT2D eigenvalue weighted by molar-refractivity contribution is 7.89. The van der Waals surface area contributed by atoms with Gasteiger partial charge >= 0.3 is 0 Å². The normalized spacial score (nSPS) is 11.6. The Morgan fingerprint density at radius 3 is 2.69 bits per heavy atom. The molecule has 0 aliphatic carbocycles. The number of nitrogens with two attached hydrogens (primary N) is 1. The van der Waals surface area contributed by atoms with E-state index in [-0.39, 0.29) is 11.1 Å². The summed E-state index contributed by atoms with van der Waals surface area (Å²) in [7, 11) is -3.93. The lowest BCUT2D eigenvalue weighted by Crippen LogP contribution is -2.14. The first-order valence-electron chi connectivity index (χ1n) is 3.90. The summed E-state index contributed by atoms with van der Waals surface area (Å²) >= 11 is 5.64. The SMILES string of the molecule is NS(=O)(=O)c1ncn(-c2nccc(Cl)n2)n1. The van der Waals surface area contributed by atoms with Crippen LogP contribution in [-0.2, 0) is 10.0 Å². The third-order valence-electron chi connectivity index (χ3n) is 1.54. The Hall–Kier alpha value is -1.58. The number of hydrogen-bond donors (Lipinski definition) is 1. The molecule has 2 N–H and O–H groups in total. The van der Waals surface area contributed by atoms with Crippen molar-refractivity contribution in [3.63, 3.8) is 0 Å². The molecular weight excluding hydrogens is 256 g/mol. The van der Waals surface area contributed by atoms with Gasteiger partial charge in [-0.25, -0.2) is 23.5 Å². The Bertz CT molecular complexity index is 623. The third kappa shape index (κ3) is 2.15. The summed E-state index contributed by atoms with van der Waals surface area (Å²) < 4.78 is 22.9. The molecule has 0 amide bonds. The molecule has 0 spiro atoms. The Kier molecular flexibility index (Phi) is 2.58. The van der Waals surface area contributed by atoms with Gasteiger partial charge in [-0.3, -0.25) is 0 Å². The maximum atomic E-state index is 10.9. The van der Waals surface area contributed by atoms with Gasteiger partial charge in [0, 0.05) is 6.20 Å². The fourth-order valence-electron chi connectivity index (χ4n) is 0.912. The first-order chi connectivity index (χ1) is 7.47. The summed E-state index contributed by atoms with van der Waals surface area (Å²) in [6, 6.07) is 1.47. The zero-order chi connectivity index (χ0) is 11.8. The van der Waals surface area contributed by atoms with Crippen LogP contribution in [0, 0.1) is 0 Å². The number of primary sulfonamides is 1. The molecule has 2 aromatic rings. The largest absolute Gasteiger partial charge is 0.282 e. The van der Waals surface area contributed by atoms with Crippen molar-refractivity contribution in [1.29, 1.82) is 0 Å². The minimum Gasteiger partial charge on any atom is -0.222 e. The van der Waals surface area contributed by atoms with Crippen molar-refractivity contribution >= 4 is 21.6 Å². The van der Waals surface area contributed by atoms with E-state index in [1.165, 1.54) is 12.3 Å². The van der Waals surface area contributed by atoms with Gasteiger partial charge in [0.25, 0.3) is 21.1 Å². The Morgan fingerprint density at radius 1 is 1.38 bits per heavy atom. The first-order valence-corrected chi connectivity index (χ1v) is 5.82. The number of rotatable bonds is 2. The standard InChI is InChI=1S/C6H5ClN6O2S/c7-4-1-2-9-5(11-4)13-3-10-6(12-13)16(8,14)15/h1-3H,(H2,8,14,15). The molecular formula is C6H5ClN6O2S. The molecule has 10 heteroatoms. The van der Waals surface area contributed by atoms with Crippen LogP contribution in [0.5, 0.6) is 0 Å². The highest BCUT2D eigenvalue weighted by Gasteiger charge is 2.15. The maximum Gasteiger partial charge on any atom is 0.282 e. The van der Waals surface area contributed by atoms with Gasteiger partial charge in [0.2, 0.25) is 0 Å². The van der Waals surface area contributed by atoms with E-state index >= 15 is 0 Å². The van der Waals surface area contributed by atoms with Crippen molar-refractivity contribution in [2.75, 3.05) is 0 Å². The molecule has 84 valence electrons. The number of hydrogen-bond acceptors (Lipinski definition) is 6. The number of nitrogens with zero attached hydrogens (tertiary/aromatic N) is 5. The lowest BCUT2D eigenvalue weighted by Gasteiger charge is -1.96. The fourth-order valence-corrected chi connectivity index (χ4v) is 1.44. The van der Waals surface area contributed by atoms with Gasteiger partial charge in [-0.2, -0.15) is 9.67 Å². The van der Waals surface area contributed by atoms with Crippen molar-refractivity contribution in [3.8, 4) is 5.95 Å². The van der Waals surface area contributed by atoms with E-state index in [1.54, 1.807) is 0 Å². The number of sulfonamides is 1. The molecule has 16 heavy (non-hydrogen) atoms. The molecule has 2 rings (SSSR count). The van der Waals surface area contributed by atoms with Crippen LogP contribution in [0.4, 0.5) is 0 Å². The van der Waals surface area contributed by atoms with E-state index in [1.807, 2.05) is 0 Å². The van der Waals surface area contributed by atoms with E-state index in [2.05, 4.69) is 20.1 Å². The smallest absolute Gasteiger partial charge is 0.222 e. The van der Waals surface area contributed by atoms with Gasteiger partial charge in [-0.1, -0.05) is 11.6 Å². The molecule has 0 aromatic carbocycles. The van der Waals surface area contributed by atoms with Crippen molar-refractivity contribution in [3.05, 3.63) is 23.7 Å². The lowest BCUT2D eigenvalue weighted by atomic mass is 10.7. The zero-order valence-corrected chi connectivity index (χ0v) is 9.22. The van der Waals surface area contributed by atoms with E-state index in [9.17, 15) is 8.42 Å². The minimum absolute atomic E-state index is 0.106.